The third kappa shape index (κ3) is 4.83. The van der Waals surface area contributed by atoms with E-state index in [2.05, 4.69) is 30.6 Å². The number of hydrogen-bond acceptors (Lipinski definition) is 7. The van der Waals surface area contributed by atoms with Crippen molar-refractivity contribution in [2.75, 3.05) is 11.9 Å². The number of carbonyl (C=O) groups is 1. The molecular formula is C23H23F2N7O3. The topological polar surface area (TPSA) is 124 Å². The first kappa shape index (κ1) is 22.8. The molecule has 0 spiro atoms. The Bertz CT molecular complexity index is 1310. The smallest absolute Gasteiger partial charge is 0.277 e. The lowest BCUT2D eigenvalue weighted by molar-refractivity contribution is 0.0260. The summed E-state index contributed by atoms with van der Waals surface area (Å²) in [5, 5.41) is 13.7. The number of pyridine rings is 1. The van der Waals surface area contributed by atoms with Crippen molar-refractivity contribution in [1.82, 2.24) is 29.9 Å². The molecule has 1 amide bonds. The Morgan fingerprint density at radius 1 is 1.26 bits per heavy atom. The number of aromatic amines is 1. The number of anilines is 1. The molecule has 4 aromatic rings. The van der Waals surface area contributed by atoms with Crippen molar-refractivity contribution < 1.29 is 22.7 Å². The minimum Gasteiger partial charge on any atom is -0.444 e. The van der Waals surface area contributed by atoms with Gasteiger partial charge in [-0.25, -0.2) is 18.7 Å². The standard InChI is InChI=1S/C23H23F2N7O3/c1-2-34-16-5-3-15(4-6-16)32-11-18(21(31-32)20-17(25)7-14(24)10-26-20)29-22(33)19-12-35-23(30-19)13-8-27-28-9-13/h7-12,15-16H,2-6H2,1H3,(H,27,28)(H,29,33)/t15-,16-. The third-order valence-electron chi connectivity index (χ3n) is 5.91. The Hall–Kier alpha value is -3.93. The number of hydrogen-bond donors (Lipinski definition) is 2. The van der Waals surface area contributed by atoms with E-state index in [0.717, 1.165) is 37.9 Å². The molecule has 12 heteroatoms. The Balaban J connectivity index is 1.43. The fraction of sp³-hybridized carbons (Fsp3) is 0.348. The average Bonchev–Trinajstić information content (AvgIpc) is 3.61. The molecule has 0 bridgehead atoms. The molecule has 10 nitrogen and oxygen atoms in total. The number of ether oxygens (including phenoxy) is 1. The Labute approximate surface area is 198 Å². The van der Waals surface area contributed by atoms with Gasteiger partial charge in [-0.2, -0.15) is 10.2 Å². The Morgan fingerprint density at radius 2 is 2.09 bits per heavy atom. The Morgan fingerprint density at radius 3 is 2.80 bits per heavy atom. The number of aromatic nitrogens is 6. The largest absolute Gasteiger partial charge is 0.444 e. The van der Waals surface area contributed by atoms with E-state index in [1.54, 1.807) is 17.1 Å². The van der Waals surface area contributed by atoms with Crippen LogP contribution in [0.15, 0.2) is 41.5 Å². The summed E-state index contributed by atoms with van der Waals surface area (Å²) in [6, 6.07) is 0.772. The van der Waals surface area contributed by atoms with Crippen molar-refractivity contribution >= 4 is 11.6 Å². The third-order valence-corrected chi connectivity index (χ3v) is 5.91. The van der Waals surface area contributed by atoms with Gasteiger partial charge in [-0.15, -0.1) is 0 Å². The van der Waals surface area contributed by atoms with Crippen LogP contribution < -0.4 is 5.32 Å². The lowest BCUT2D eigenvalue weighted by Crippen LogP contribution is -2.24. The molecule has 0 aromatic carbocycles. The highest BCUT2D eigenvalue weighted by Crippen LogP contribution is 2.34. The lowest BCUT2D eigenvalue weighted by atomic mass is 9.93. The summed E-state index contributed by atoms with van der Waals surface area (Å²) in [5.74, 6) is -2.04. The van der Waals surface area contributed by atoms with Crippen molar-refractivity contribution in [1.29, 1.82) is 0 Å². The number of H-pyrrole nitrogens is 1. The van der Waals surface area contributed by atoms with Crippen molar-refractivity contribution in [2.24, 2.45) is 0 Å². The predicted molar refractivity (Wildman–Crippen MR) is 120 cm³/mol. The zero-order valence-corrected chi connectivity index (χ0v) is 18.9. The summed E-state index contributed by atoms with van der Waals surface area (Å²) in [6.07, 6.45) is 10.4. The van der Waals surface area contributed by atoms with Crippen LogP contribution in [0, 0.1) is 11.6 Å². The lowest BCUT2D eigenvalue weighted by Gasteiger charge is -2.28. The van der Waals surface area contributed by atoms with Gasteiger partial charge >= 0.3 is 0 Å². The first-order valence-electron chi connectivity index (χ1n) is 11.3. The van der Waals surface area contributed by atoms with Crippen LogP contribution >= 0.6 is 0 Å². The average molecular weight is 483 g/mol. The first-order valence-corrected chi connectivity index (χ1v) is 11.3. The monoisotopic (exact) mass is 483 g/mol. The molecule has 1 saturated carbocycles. The van der Waals surface area contributed by atoms with Crippen molar-refractivity contribution in [3.63, 3.8) is 0 Å². The molecule has 182 valence electrons. The summed E-state index contributed by atoms with van der Waals surface area (Å²) in [6.45, 7) is 2.63. The van der Waals surface area contributed by atoms with E-state index < -0.39 is 17.5 Å². The van der Waals surface area contributed by atoms with Crippen LogP contribution in [-0.2, 0) is 4.74 Å². The number of carbonyl (C=O) groups excluding carboxylic acids is 1. The summed E-state index contributed by atoms with van der Waals surface area (Å²) >= 11 is 0. The first-order chi connectivity index (χ1) is 17.0. The second-order valence-electron chi connectivity index (χ2n) is 8.22. The number of nitrogens with zero attached hydrogens (tertiary/aromatic N) is 5. The van der Waals surface area contributed by atoms with Gasteiger partial charge in [-0.1, -0.05) is 0 Å². The molecule has 0 unspecified atom stereocenters. The van der Waals surface area contributed by atoms with Gasteiger partial charge in [-0.05, 0) is 32.6 Å². The fourth-order valence-corrected chi connectivity index (χ4v) is 4.21. The second kappa shape index (κ2) is 9.74. The van der Waals surface area contributed by atoms with Crippen LogP contribution in [0.1, 0.15) is 49.1 Å². The minimum absolute atomic E-state index is 0.0182. The van der Waals surface area contributed by atoms with E-state index in [9.17, 15) is 13.6 Å². The van der Waals surface area contributed by atoms with Gasteiger partial charge in [0.25, 0.3) is 5.91 Å². The summed E-state index contributed by atoms with van der Waals surface area (Å²) in [4.78, 5) is 21.0. The van der Waals surface area contributed by atoms with Gasteiger partial charge in [0.05, 0.1) is 35.8 Å². The number of nitrogens with one attached hydrogen (secondary N) is 2. The van der Waals surface area contributed by atoms with Crippen LogP contribution in [-0.4, -0.2) is 48.6 Å². The van der Waals surface area contributed by atoms with Gasteiger partial charge in [-0.3, -0.25) is 14.6 Å². The molecule has 0 radical (unpaired) electrons. The molecule has 0 saturated heterocycles. The molecule has 4 heterocycles. The van der Waals surface area contributed by atoms with Crippen LogP contribution in [0.4, 0.5) is 14.5 Å². The van der Waals surface area contributed by atoms with Crippen LogP contribution in [0.25, 0.3) is 22.8 Å². The maximum absolute atomic E-state index is 14.6. The SMILES string of the molecule is CCO[C@H]1CC[C@H](n2cc(NC(=O)c3coc(-c4cn[nH]c4)n3)c(-c3ncc(F)cc3F)n2)CC1. The zero-order valence-electron chi connectivity index (χ0n) is 18.9. The summed E-state index contributed by atoms with van der Waals surface area (Å²) < 4.78 is 40.9. The minimum atomic E-state index is -0.880. The molecule has 0 aliphatic heterocycles. The molecule has 1 aliphatic rings. The van der Waals surface area contributed by atoms with Crippen molar-refractivity contribution in [3.05, 3.63) is 54.4 Å². The van der Waals surface area contributed by atoms with E-state index in [1.165, 1.54) is 12.5 Å². The number of oxazole rings is 1. The van der Waals surface area contributed by atoms with E-state index in [-0.39, 0.29) is 40.8 Å². The second-order valence-corrected chi connectivity index (χ2v) is 8.22. The molecule has 1 aliphatic carbocycles. The van der Waals surface area contributed by atoms with Crippen LogP contribution in [0.5, 0.6) is 0 Å². The van der Waals surface area contributed by atoms with Gasteiger partial charge in [0, 0.05) is 25.1 Å². The van der Waals surface area contributed by atoms with Gasteiger partial charge in [0.2, 0.25) is 5.89 Å². The number of amides is 1. The number of halogens is 2. The van der Waals surface area contributed by atoms with Gasteiger partial charge in [0.15, 0.2) is 11.5 Å². The van der Waals surface area contributed by atoms with E-state index in [4.69, 9.17) is 9.15 Å². The zero-order chi connectivity index (χ0) is 24.4. The van der Waals surface area contributed by atoms with Crippen LogP contribution in [0.3, 0.4) is 0 Å². The highest BCUT2D eigenvalue weighted by molar-refractivity contribution is 6.04. The fourth-order valence-electron chi connectivity index (χ4n) is 4.21. The molecule has 5 rings (SSSR count). The van der Waals surface area contributed by atoms with E-state index in [0.29, 0.717) is 12.2 Å². The molecule has 1 fully saturated rings. The molecule has 4 aromatic heterocycles. The van der Waals surface area contributed by atoms with Gasteiger partial charge in [0.1, 0.15) is 23.5 Å². The van der Waals surface area contributed by atoms with Crippen LogP contribution in [0.2, 0.25) is 0 Å². The predicted octanol–water partition coefficient (Wildman–Crippen LogP) is 4.37. The summed E-state index contributed by atoms with van der Waals surface area (Å²) in [7, 11) is 0. The number of rotatable bonds is 7. The van der Waals surface area contributed by atoms with Gasteiger partial charge < -0.3 is 14.5 Å². The Kier molecular flexibility index (Phi) is 6.36. The quantitative estimate of drug-likeness (QED) is 0.400. The molecule has 0 atom stereocenters. The highest BCUT2D eigenvalue weighted by Gasteiger charge is 2.27. The van der Waals surface area contributed by atoms with E-state index in [1.807, 2.05) is 6.92 Å². The normalized spacial score (nSPS) is 18.0. The van der Waals surface area contributed by atoms with Crippen molar-refractivity contribution in [3.8, 4) is 22.8 Å². The molecular weight excluding hydrogens is 460 g/mol. The summed E-state index contributed by atoms with van der Waals surface area (Å²) in [5.41, 5.74) is 0.763. The molecule has 2 N–H and O–H groups in total. The molecule has 35 heavy (non-hydrogen) atoms. The maximum atomic E-state index is 14.6. The van der Waals surface area contributed by atoms with Crippen molar-refractivity contribution in [2.45, 2.75) is 44.8 Å². The highest BCUT2D eigenvalue weighted by atomic mass is 19.1. The maximum Gasteiger partial charge on any atom is 0.277 e. The van der Waals surface area contributed by atoms with E-state index >= 15 is 0 Å².